The number of hydrogen-bond acceptors (Lipinski definition) is 6. The average Bonchev–Trinajstić information content (AvgIpc) is 3.35. The Kier molecular flexibility index (Phi) is 7.06. The summed E-state index contributed by atoms with van der Waals surface area (Å²) in [6, 6.07) is 5.53. The maximum atomic E-state index is 13.1. The van der Waals surface area contributed by atoms with Crippen LogP contribution in [0.2, 0.25) is 0 Å². The molecular formula is C19H18BrF3N6O3. The first-order valence-corrected chi connectivity index (χ1v) is 10.4. The highest BCUT2D eigenvalue weighted by atomic mass is 79.9. The fourth-order valence-electron chi connectivity index (χ4n) is 3.10. The van der Waals surface area contributed by atoms with E-state index in [1.807, 2.05) is 22.8 Å². The highest BCUT2D eigenvalue weighted by Gasteiger charge is 2.38. The molecule has 9 nitrogen and oxygen atoms in total. The van der Waals surface area contributed by atoms with Crippen LogP contribution in [0, 0.1) is 0 Å². The topological polar surface area (TPSA) is 115 Å². The van der Waals surface area contributed by atoms with E-state index in [4.69, 9.17) is 9.90 Å². The van der Waals surface area contributed by atoms with E-state index in [0.29, 0.717) is 35.1 Å². The lowest BCUT2D eigenvalue weighted by molar-refractivity contribution is -0.192. The maximum Gasteiger partial charge on any atom is 0.490 e. The van der Waals surface area contributed by atoms with E-state index in [1.165, 1.54) is 0 Å². The number of nitrogens with zero attached hydrogens (tertiary/aromatic N) is 6. The number of aryl methyl sites for hydroxylation is 1. The number of carboxylic acid groups (broad SMARTS) is 1. The number of unbranched alkanes of at least 4 members (excludes halogenated alkanes) is 2. The average molecular weight is 515 g/mol. The van der Waals surface area contributed by atoms with Gasteiger partial charge in [0.25, 0.3) is 5.56 Å². The van der Waals surface area contributed by atoms with E-state index in [1.54, 1.807) is 10.6 Å². The van der Waals surface area contributed by atoms with E-state index in [2.05, 4.69) is 43.0 Å². The van der Waals surface area contributed by atoms with Crippen molar-refractivity contribution in [3.8, 4) is 11.5 Å². The predicted molar refractivity (Wildman–Crippen MR) is 113 cm³/mol. The van der Waals surface area contributed by atoms with Crippen LogP contribution in [0.25, 0.3) is 17.3 Å². The second kappa shape index (κ2) is 9.59. The van der Waals surface area contributed by atoms with Gasteiger partial charge in [0, 0.05) is 19.2 Å². The number of pyridine rings is 1. The molecule has 3 aromatic rings. The van der Waals surface area contributed by atoms with Crippen molar-refractivity contribution in [2.75, 3.05) is 0 Å². The summed E-state index contributed by atoms with van der Waals surface area (Å²) in [5.74, 6) is -1.07. The molecule has 0 amide bonds. The van der Waals surface area contributed by atoms with Crippen LogP contribution < -0.4 is 5.56 Å². The second-order valence-corrected chi connectivity index (χ2v) is 7.72. The quantitative estimate of drug-likeness (QED) is 0.518. The minimum Gasteiger partial charge on any atom is -0.475 e. The van der Waals surface area contributed by atoms with Crippen LogP contribution in [0.3, 0.4) is 0 Å². The molecule has 0 spiro atoms. The zero-order valence-corrected chi connectivity index (χ0v) is 18.4. The van der Waals surface area contributed by atoms with Crippen molar-refractivity contribution < 1.29 is 23.1 Å². The first-order valence-electron chi connectivity index (χ1n) is 9.60. The van der Waals surface area contributed by atoms with Crippen molar-refractivity contribution in [3.63, 3.8) is 0 Å². The van der Waals surface area contributed by atoms with Crippen LogP contribution in [0.1, 0.15) is 31.7 Å². The van der Waals surface area contributed by atoms with Crippen molar-refractivity contribution in [1.29, 1.82) is 0 Å². The molecule has 0 saturated heterocycles. The summed E-state index contributed by atoms with van der Waals surface area (Å²) >= 11 is 3.43. The zero-order valence-electron chi connectivity index (χ0n) is 16.8. The first-order chi connectivity index (χ1) is 15.1. The van der Waals surface area contributed by atoms with Crippen molar-refractivity contribution in [2.45, 2.75) is 45.3 Å². The minimum atomic E-state index is -5.08. The van der Waals surface area contributed by atoms with Gasteiger partial charge in [-0.05, 0) is 34.5 Å². The van der Waals surface area contributed by atoms with Crippen LogP contribution in [0.5, 0.6) is 0 Å². The van der Waals surface area contributed by atoms with E-state index in [-0.39, 0.29) is 5.56 Å². The fraction of sp³-hybridized carbons (Fsp3) is 0.368. The molecule has 3 aromatic heterocycles. The van der Waals surface area contributed by atoms with Crippen molar-refractivity contribution >= 4 is 38.1 Å². The molecule has 0 bridgehead atoms. The summed E-state index contributed by atoms with van der Waals surface area (Å²) in [6.07, 6.45) is 0.331. The number of rotatable bonds is 5. The third-order valence-corrected chi connectivity index (χ3v) is 5.00. The van der Waals surface area contributed by atoms with Gasteiger partial charge in [0.2, 0.25) is 5.78 Å². The van der Waals surface area contributed by atoms with E-state index >= 15 is 0 Å². The van der Waals surface area contributed by atoms with Crippen LogP contribution in [0.15, 0.2) is 34.2 Å². The van der Waals surface area contributed by atoms with Crippen LogP contribution >= 0.6 is 15.9 Å². The number of aliphatic imine (C=N–C) groups is 1. The molecule has 4 rings (SSSR count). The van der Waals surface area contributed by atoms with Crippen molar-refractivity contribution in [1.82, 2.24) is 24.1 Å². The molecule has 1 aliphatic rings. The van der Waals surface area contributed by atoms with Gasteiger partial charge in [-0.15, -0.1) is 10.2 Å². The van der Waals surface area contributed by atoms with E-state index < -0.39 is 12.1 Å². The number of hydrogen-bond donors (Lipinski definition) is 1. The molecule has 4 heterocycles. The Labute approximate surface area is 187 Å². The summed E-state index contributed by atoms with van der Waals surface area (Å²) < 4.78 is 36.1. The third kappa shape index (κ3) is 4.87. The van der Waals surface area contributed by atoms with E-state index in [0.717, 1.165) is 30.4 Å². The monoisotopic (exact) mass is 514 g/mol. The van der Waals surface area contributed by atoms with Gasteiger partial charge in [0.1, 0.15) is 11.5 Å². The number of alkyl halides is 3. The van der Waals surface area contributed by atoms with Crippen molar-refractivity contribution in [2.24, 2.45) is 4.99 Å². The molecule has 0 aliphatic carbocycles. The Bertz CT molecular complexity index is 1220. The summed E-state index contributed by atoms with van der Waals surface area (Å²) in [7, 11) is 0. The summed E-state index contributed by atoms with van der Waals surface area (Å²) in [5.41, 5.74) is 1.18. The lowest BCUT2D eigenvalue weighted by Gasteiger charge is -2.12. The Morgan fingerprint density at radius 3 is 2.56 bits per heavy atom. The molecule has 13 heteroatoms. The SMILES string of the molecule is CCCCCn1c2c(c(=O)n3c(-c4ccccn4)nnc13)CC(Br)=N2.O=C(O)C(F)(F)F. The third-order valence-electron chi connectivity index (χ3n) is 4.55. The standard InChI is InChI=1S/C17H17BrN6O.C2HF3O2/c1-2-3-6-9-23-14-11(10-13(18)20-14)16(25)24-15(21-22-17(23)24)12-7-4-5-8-19-12;3-2(4,5)1(6)7/h4-5,7-8H,2-3,6,9-10H2,1H3;(H,6,7). The van der Waals surface area contributed by atoms with Crippen molar-refractivity contribution in [3.05, 3.63) is 40.3 Å². The van der Waals surface area contributed by atoms with Crippen LogP contribution in [-0.2, 0) is 17.8 Å². The van der Waals surface area contributed by atoms with Gasteiger partial charge in [0.15, 0.2) is 5.82 Å². The maximum absolute atomic E-state index is 13.1. The number of aromatic nitrogens is 5. The van der Waals surface area contributed by atoms with Gasteiger partial charge in [-0.2, -0.15) is 13.2 Å². The molecule has 0 atom stereocenters. The molecule has 1 N–H and O–H groups in total. The number of aliphatic carboxylic acids is 1. The molecule has 0 unspecified atom stereocenters. The summed E-state index contributed by atoms with van der Waals surface area (Å²) in [6.45, 7) is 2.92. The van der Waals surface area contributed by atoms with Gasteiger partial charge in [-0.3, -0.25) is 14.3 Å². The van der Waals surface area contributed by atoms with Gasteiger partial charge in [0.05, 0.1) is 10.2 Å². The van der Waals surface area contributed by atoms with E-state index in [9.17, 15) is 18.0 Å². The smallest absolute Gasteiger partial charge is 0.475 e. The Hall–Kier alpha value is -3.09. The molecule has 1 aliphatic heterocycles. The number of carbonyl (C=O) groups is 1. The molecular weight excluding hydrogens is 497 g/mol. The molecule has 0 saturated carbocycles. The van der Waals surface area contributed by atoms with Crippen LogP contribution in [-0.4, -0.2) is 46.0 Å². The normalized spacial score (nSPS) is 12.8. The van der Waals surface area contributed by atoms with Gasteiger partial charge in [-0.25, -0.2) is 14.2 Å². The lowest BCUT2D eigenvalue weighted by atomic mass is 10.2. The fourth-order valence-corrected chi connectivity index (χ4v) is 3.54. The highest BCUT2D eigenvalue weighted by Crippen LogP contribution is 2.29. The first kappa shape index (κ1) is 23.6. The Balaban J connectivity index is 0.000000360. The van der Waals surface area contributed by atoms with Gasteiger partial charge >= 0.3 is 12.1 Å². The molecule has 32 heavy (non-hydrogen) atoms. The molecule has 0 aromatic carbocycles. The largest absolute Gasteiger partial charge is 0.490 e. The summed E-state index contributed by atoms with van der Waals surface area (Å²) in [4.78, 5) is 30.8. The number of fused-ring (bicyclic) bond motifs is 2. The summed E-state index contributed by atoms with van der Waals surface area (Å²) in [5, 5.41) is 15.7. The molecule has 0 fully saturated rings. The lowest BCUT2D eigenvalue weighted by Crippen LogP contribution is -2.23. The Morgan fingerprint density at radius 2 is 1.97 bits per heavy atom. The molecule has 170 valence electrons. The number of carboxylic acids is 1. The molecule has 0 radical (unpaired) electrons. The van der Waals surface area contributed by atoms with Gasteiger partial charge < -0.3 is 5.11 Å². The Morgan fingerprint density at radius 1 is 1.25 bits per heavy atom. The van der Waals surface area contributed by atoms with Crippen LogP contribution in [0.4, 0.5) is 19.0 Å². The zero-order chi connectivity index (χ0) is 23.5. The predicted octanol–water partition coefficient (Wildman–Crippen LogP) is 3.76. The minimum absolute atomic E-state index is 0.124. The highest BCUT2D eigenvalue weighted by molar-refractivity contribution is 9.18. The van der Waals surface area contributed by atoms with Gasteiger partial charge in [-0.1, -0.05) is 25.8 Å². The second-order valence-electron chi connectivity index (χ2n) is 6.81. The number of halogens is 4.